The van der Waals surface area contributed by atoms with Crippen LogP contribution in [-0.4, -0.2) is 44.3 Å². The van der Waals surface area contributed by atoms with Gasteiger partial charge in [-0.25, -0.2) is 0 Å². The van der Waals surface area contributed by atoms with E-state index in [2.05, 4.69) is 10.6 Å². The van der Waals surface area contributed by atoms with Crippen LogP contribution in [0.1, 0.15) is 40.0 Å². The number of nitrogens with two attached hydrogens (primary N) is 1. The molecule has 0 atom stereocenters. The monoisotopic (exact) mass is 259 g/mol. The molecule has 0 aromatic rings. The first-order valence-electron chi connectivity index (χ1n) is 6.79. The van der Waals surface area contributed by atoms with E-state index in [1.807, 2.05) is 20.8 Å². The number of unbranched alkanes of at least 4 members (excludes halogenated alkanes) is 1. The number of carbonyl (C=O) groups excluding carboxylic acids is 1. The lowest BCUT2D eigenvalue weighted by molar-refractivity contribution is -0.154. The van der Waals surface area contributed by atoms with Crippen molar-refractivity contribution in [3.63, 3.8) is 0 Å². The van der Waals surface area contributed by atoms with E-state index in [1.165, 1.54) is 0 Å². The van der Waals surface area contributed by atoms with E-state index in [1.54, 1.807) is 0 Å². The molecule has 0 saturated heterocycles. The number of esters is 1. The van der Waals surface area contributed by atoms with Gasteiger partial charge in [-0.1, -0.05) is 0 Å². The fraction of sp³-hybridized carbons (Fsp3) is 0.923. The van der Waals surface area contributed by atoms with E-state index in [4.69, 9.17) is 10.5 Å². The van der Waals surface area contributed by atoms with Crippen molar-refractivity contribution in [2.24, 2.45) is 5.73 Å². The molecular weight excluding hydrogens is 230 g/mol. The molecule has 4 N–H and O–H groups in total. The Morgan fingerprint density at radius 2 is 1.67 bits per heavy atom. The highest BCUT2D eigenvalue weighted by Crippen LogP contribution is 2.09. The van der Waals surface area contributed by atoms with Crippen molar-refractivity contribution in [1.29, 1.82) is 0 Å². The molecule has 18 heavy (non-hydrogen) atoms. The van der Waals surface area contributed by atoms with E-state index in [-0.39, 0.29) is 11.6 Å². The summed E-state index contributed by atoms with van der Waals surface area (Å²) in [4.78, 5) is 11.4. The summed E-state index contributed by atoms with van der Waals surface area (Å²) in [5, 5.41) is 6.52. The van der Waals surface area contributed by atoms with Crippen LogP contribution >= 0.6 is 0 Å². The van der Waals surface area contributed by atoms with Crippen LogP contribution in [-0.2, 0) is 9.53 Å². The van der Waals surface area contributed by atoms with Gasteiger partial charge in [0.2, 0.25) is 0 Å². The Morgan fingerprint density at radius 1 is 1.06 bits per heavy atom. The molecule has 0 aliphatic heterocycles. The maximum Gasteiger partial charge on any atom is 0.306 e. The van der Waals surface area contributed by atoms with Gasteiger partial charge >= 0.3 is 5.97 Å². The summed E-state index contributed by atoms with van der Waals surface area (Å²) in [7, 11) is 0. The van der Waals surface area contributed by atoms with Crippen LogP contribution in [0.15, 0.2) is 0 Å². The average molecular weight is 259 g/mol. The zero-order chi connectivity index (χ0) is 13.9. The van der Waals surface area contributed by atoms with Gasteiger partial charge in [0, 0.05) is 32.6 Å². The van der Waals surface area contributed by atoms with E-state index in [9.17, 15) is 4.79 Å². The second-order valence-corrected chi connectivity index (χ2v) is 5.33. The van der Waals surface area contributed by atoms with Crippen LogP contribution < -0.4 is 16.4 Å². The Bertz CT molecular complexity index is 215. The molecule has 0 aliphatic rings. The van der Waals surface area contributed by atoms with Crippen molar-refractivity contribution in [3.05, 3.63) is 0 Å². The van der Waals surface area contributed by atoms with Gasteiger partial charge in [0.1, 0.15) is 5.60 Å². The number of nitrogens with one attached hydrogen (secondary N) is 2. The van der Waals surface area contributed by atoms with E-state index < -0.39 is 0 Å². The van der Waals surface area contributed by atoms with E-state index >= 15 is 0 Å². The number of carbonyl (C=O) groups is 1. The SMILES string of the molecule is CC(C)(C)OC(=O)CCCCNCCNCCN. The minimum atomic E-state index is -0.371. The molecule has 0 aliphatic carbocycles. The normalized spacial score (nSPS) is 11.6. The highest BCUT2D eigenvalue weighted by molar-refractivity contribution is 5.69. The lowest BCUT2D eigenvalue weighted by Gasteiger charge is -2.19. The summed E-state index contributed by atoms with van der Waals surface area (Å²) < 4.78 is 5.23. The van der Waals surface area contributed by atoms with E-state index in [0.29, 0.717) is 13.0 Å². The van der Waals surface area contributed by atoms with Gasteiger partial charge in [-0.05, 0) is 40.2 Å². The minimum absolute atomic E-state index is 0.105. The quantitative estimate of drug-likeness (QED) is 0.396. The first-order valence-corrected chi connectivity index (χ1v) is 6.79. The molecule has 0 unspecified atom stereocenters. The zero-order valence-electron chi connectivity index (χ0n) is 12.1. The predicted octanol–water partition coefficient (Wildman–Crippen LogP) is 0.636. The van der Waals surface area contributed by atoms with Crippen molar-refractivity contribution in [2.45, 2.75) is 45.6 Å². The molecule has 0 aromatic carbocycles. The molecule has 0 amide bonds. The number of hydrogen-bond acceptors (Lipinski definition) is 5. The molecule has 5 heteroatoms. The summed E-state index contributed by atoms with van der Waals surface area (Å²) >= 11 is 0. The Hall–Kier alpha value is -0.650. The summed E-state index contributed by atoms with van der Waals surface area (Å²) in [6.45, 7) is 10.0. The molecule has 0 heterocycles. The first kappa shape index (κ1) is 17.4. The average Bonchev–Trinajstić information content (AvgIpc) is 2.24. The van der Waals surface area contributed by atoms with Gasteiger partial charge in [-0.2, -0.15) is 0 Å². The van der Waals surface area contributed by atoms with Crippen molar-refractivity contribution < 1.29 is 9.53 Å². The van der Waals surface area contributed by atoms with Gasteiger partial charge in [0.15, 0.2) is 0 Å². The highest BCUT2D eigenvalue weighted by atomic mass is 16.6. The Labute approximate surface area is 111 Å². The molecule has 0 radical (unpaired) electrons. The van der Waals surface area contributed by atoms with Crippen LogP contribution in [0.4, 0.5) is 0 Å². The van der Waals surface area contributed by atoms with Crippen molar-refractivity contribution in [1.82, 2.24) is 10.6 Å². The first-order chi connectivity index (χ1) is 8.45. The molecule has 0 rings (SSSR count). The third-order valence-corrected chi connectivity index (χ3v) is 2.20. The van der Waals surface area contributed by atoms with Gasteiger partial charge in [0.05, 0.1) is 0 Å². The maximum absolute atomic E-state index is 11.4. The molecule has 0 bridgehead atoms. The van der Waals surface area contributed by atoms with Crippen LogP contribution in [0.25, 0.3) is 0 Å². The molecule has 0 saturated carbocycles. The predicted molar refractivity (Wildman–Crippen MR) is 74.5 cm³/mol. The second kappa shape index (κ2) is 10.3. The van der Waals surface area contributed by atoms with Crippen LogP contribution in [0.5, 0.6) is 0 Å². The lowest BCUT2D eigenvalue weighted by Crippen LogP contribution is -2.31. The second-order valence-electron chi connectivity index (χ2n) is 5.33. The van der Waals surface area contributed by atoms with Crippen LogP contribution in [0, 0.1) is 0 Å². The summed E-state index contributed by atoms with van der Waals surface area (Å²) in [5.74, 6) is -0.105. The minimum Gasteiger partial charge on any atom is -0.460 e. The molecule has 5 nitrogen and oxygen atoms in total. The van der Waals surface area contributed by atoms with Crippen molar-refractivity contribution >= 4 is 5.97 Å². The number of rotatable bonds is 10. The largest absolute Gasteiger partial charge is 0.460 e. The third kappa shape index (κ3) is 13.4. The molecule has 0 fully saturated rings. The topological polar surface area (TPSA) is 76.4 Å². The number of ether oxygens (including phenoxy) is 1. The maximum atomic E-state index is 11.4. The van der Waals surface area contributed by atoms with Crippen molar-refractivity contribution in [3.8, 4) is 0 Å². The standard InChI is InChI=1S/C13H29N3O2/c1-13(2,3)18-12(17)6-4-5-8-15-10-11-16-9-7-14/h15-16H,4-11,14H2,1-3H3. The summed E-state index contributed by atoms with van der Waals surface area (Å²) in [5.41, 5.74) is 4.98. The third-order valence-electron chi connectivity index (χ3n) is 2.20. The van der Waals surface area contributed by atoms with Gasteiger partial charge in [-0.15, -0.1) is 0 Å². The Morgan fingerprint density at radius 3 is 2.22 bits per heavy atom. The lowest BCUT2D eigenvalue weighted by atomic mass is 10.2. The van der Waals surface area contributed by atoms with Crippen molar-refractivity contribution in [2.75, 3.05) is 32.7 Å². The molecule has 0 spiro atoms. The smallest absolute Gasteiger partial charge is 0.306 e. The fourth-order valence-electron chi connectivity index (χ4n) is 1.44. The zero-order valence-corrected chi connectivity index (χ0v) is 12.1. The van der Waals surface area contributed by atoms with Gasteiger partial charge < -0.3 is 21.1 Å². The summed E-state index contributed by atoms with van der Waals surface area (Å²) in [6, 6.07) is 0. The Balaban J connectivity index is 3.23. The summed E-state index contributed by atoms with van der Waals surface area (Å²) in [6.07, 6.45) is 2.37. The van der Waals surface area contributed by atoms with Crippen LogP contribution in [0.2, 0.25) is 0 Å². The van der Waals surface area contributed by atoms with Crippen LogP contribution in [0.3, 0.4) is 0 Å². The molecule has 108 valence electrons. The molecule has 0 aromatic heterocycles. The van der Waals surface area contributed by atoms with Gasteiger partial charge in [-0.3, -0.25) is 4.79 Å². The fourth-order valence-corrected chi connectivity index (χ4v) is 1.44. The highest BCUT2D eigenvalue weighted by Gasteiger charge is 2.15. The Kier molecular flexibility index (Phi) is 9.92. The van der Waals surface area contributed by atoms with E-state index in [0.717, 1.165) is 39.0 Å². The van der Waals surface area contributed by atoms with Gasteiger partial charge in [0.25, 0.3) is 0 Å². The number of hydrogen-bond donors (Lipinski definition) is 3. The molecular formula is C13H29N3O2.